The summed E-state index contributed by atoms with van der Waals surface area (Å²) in [7, 11) is 0. The van der Waals surface area contributed by atoms with E-state index in [2.05, 4.69) is 29.0 Å². The van der Waals surface area contributed by atoms with Crippen molar-refractivity contribution in [2.45, 2.75) is 26.7 Å². The van der Waals surface area contributed by atoms with Crippen LogP contribution in [0.25, 0.3) is 0 Å². The largest absolute Gasteiger partial charge is 0.371 e. The molecule has 1 fully saturated rings. The summed E-state index contributed by atoms with van der Waals surface area (Å²) in [5.41, 5.74) is 6.69. The Kier molecular flexibility index (Phi) is 5.56. The van der Waals surface area contributed by atoms with Gasteiger partial charge < -0.3 is 16.0 Å². The van der Waals surface area contributed by atoms with Gasteiger partial charge in [-0.15, -0.1) is 0 Å². The van der Waals surface area contributed by atoms with Gasteiger partial charge in [0.1, 0.15) is 5.69 Å². The molecule has 1 aliphatic rings. The fourth-order valence-electron chi connectivity index (χ4n) is 2.79. The zero-order valence-corrected chi connectivity index (χ0v) is 13.0. The van der Waals surface area contributed by atoms with Crippen molar-refractivity contribution < 1.29 is 4.79 Å². The van der Waals surface area contributed by atoms with Crippen LogP contribution in [0.4, 0.5) is 5.69 Å². The molecule has 0 aliphatic carbocycles. The number of rotatable bonds is 6. The van der Waals surface area contributed by atoms with E-state index < -0.39 is 5.91 Å². The molecule has 116 valence electrons. The lowest BCUT2D eigenvalue weighted by Gasteiger charge is -2.34. The van der Waals surface area contributed by atoms with Crippen LogP contribution >= 0.6 is 0 Å². The van der Waals surface area contributed by atoms with Crippen molar-refractivity contribution >= 4 is 11.6 Å². The van der Waals surface area contributed by atoms with Crippen molar-refractivity contribution in [2.24, 2.45) is 17.6 Å². The van der Waals surface area contributed by atoms with Crippen LogP contribution < -0.4 is 16.0 Å². The fraction of sp³-hybridized carbons (Fsp3) is 0.625. The Morgan fingerprint density at radius 2 is 2.38 bits per heavy atom. The number of carbonyl (C=O) groups is 1. The monoisotopic (exact) mass is 290 g/mol. The maximum absolute atomic E-state index is 11.2. The van der Waals surface area contributed by atoms with E-state index in [9.17, 15) is 4.79 Å². The molecule has 1 atom stereocenters. The molecule has 21 heavy (non-hydrogen) atoms. The third kappa shape index (κ3) is 4.70. The van der Waals surface area contributed by atoms with Crippen molar-refractivity contribution in [3.05, 3.63) is 24.0 Å². The Morgan fingerprint density at radius 1 is 1.57 bits per heavy atom. The lowest BCUT2D eigenvalue weighted by Crippen LogP contribution is -2.40. The number of primary amides is 1. The van der Waals surface area contributed by atoms with Gasteiger partial charge in [0.2, 0.25) is 0 Å². The molecule has 0 aromatic carbocycles. The number of aromatic nitrogens is 1. The van der Waals surface area contributed by atoms with Gasteiger partial charge in [0.25, 0.3) is 5.91 Å². The maximum Gasteiger partial charge on any atom is 0.267 e. The second-order valence-electron chi connectivity index (χ2n) is 6.27. The summed E-state index contributed by atoms with van der Waals surface area (Å²) in [6.45, 7) is 8.63. The number of anilines is 1. The normalized spacial score (nSPS) is 19.0. The SMILES string of the molecule is CC(C)CNCC1CCCN(c2ccnc(C(N)=O)c2)C1. The smallest absolute Gasteiger partial charge is 0.267 e. The number of nitrogens with two attached hydrogens (primary N) is 1. The molecular formula is C16H26N4O. The number of hydrogen-bond acceptors (Lipinski definition) is 4. The molecule has 1 aromatic rings. The number of carbonyl (C=O) groups excluding carboxylic acids is 1. The summed E-state index contributed by atoms with van der Waals surface area (Å²) in [6.07, 6.45) is 4.10. The van der Waals surface area contributed by atoms with E-state index in [1.807, 2.05) is 6.07 Å². The second kappa shape index (κ2) is 7.41. The number of nitrogens with one attached hydrogen (secondary N) is 1. The predicted octanol–water partition coefficient (Wildman–Crippen LogP) is 1.64. The predicted molar refractivity (Wildman–Crippen MR) is 85.4 cm³/mol. The van der Waals surface area contributed by atoms with Gasteiger partial charge in [0.05, 0.1) is 0 Å². The summed E-state index contributed by atoms with van der Waals surface area (Å²) in [5.74, 6) is 0.870. The molecule has 0 bridgehead atoms. The molecule has 1 amide bonds. The third-order valence-corrected chi connectivity index (χ3v) is 3.87. The molecule has 2 heterocycles. The topological polar surface area (TPSA) is 71.2 Å². The van der Waals surface area contributed by atoms with Gasteiger partial charge in [-0.25, -0.2) is 0 Å². The van der Waals surface area contributed by atoms with Crippen molar-refractivity contribution in [3.8, 4) is 0 Å². The van der Waals surface area contributed by atoms with E-state index in [0.29, 0.717) is 17.5 Å². The molecule has 0 saturated carbocycles. The highest BCUT2D eigenvalue weighted by atomic mass is 16.1. The first-order chi connectivity index (χ1) is 10.1. The Hall–Kier alpha value is -1.62. The summed E-state index contributed by atoms with van der Waals surface area (Å²) in [4.78, 5) is 17.6. The van der Waals surface area contributed by atoms with Gasteiger partial charge in [0, 0.05) is 25.0 Å². The first-order valence-corrected chi connectivity index (χ1v) is 7.77. The molecule has 1 aliphatic heterocycles. The van der Waals surface area contributed by atoms with Crippen molar-refractivity contribution in [3.63, 3.8) is 0 Å². The molecule has 1 unspecified atom stereocenters. The zero-order valence-electron chi connectivity index (χ0n) is 13.0. The van der Waals surface area contributed by atoms with Crippen LogP contribution in [0.3, 0.4) is 0 Å². The van der Waals surface area contributed by atoms with Gasteiger partial charge >= 0.3 is 0 Å². The number of amides is 1. The minimum Gasteiger partial charge on any atom is -0.371 e. The number of piperidine rings is 1. The van der Waals surface area contributed by atoms with Crippen molar-refractivity contribution in [2.75, 3.05) is 31.1 Å². The molecule has 1 saturated heterocycles. The molecule has 1 aromatic heterocycles. The van der Waals surface area contributed by atoms with Crippen LogP contribution in [-0.2, 0) is 0 Å². The van der Waals surface area contributed by atoms with Crippen LogP contribution in [0, 0.1) is 11.8 Å². The summed E-state index contributed by atoms with van der Waals surface area (Å²) < 4.78 is 0. The standard InChI is InChI=1S/C16H26N4O/c1-12(2)9-18-10-13-4-3-7-20(11-13)14-5-6-19-15(8-14)16(17)21/h5-6,8,12-13,18H,3-4,7,9-11H2,1-2H3,(H2,17,21). The first-order valence-electron chi connectivity index (χ1n) is 7.77. The van der Waals surface area contributed by atoms with E-state index in [-0.39, 0.29) is 0 Å². The molecule has 0 radical (unpaired) electrons. The Labute approximate surface area is 126 Å². The lowest BCUT2D eigenvalue weighted by molar-refractivity contribution is 0.0995. The average Bonchev–Trinajstić information content (AvgIpc) is 2.47. The highest BCUT2D eigenvalue weighted by Gasteiger charge is 2.20. The number of nitrogens with zero attached hydrogens (tertiary/aromatic N) is 2. The summed E-state index contributed by atoms with van der Waals surface area (Å²) >= 11 is 0. The Bertz CT molecular complexity index is 475. The minimum absolute atomic E-state index is 0.340. The van der Waals surface area contributed by atoms with Gasteiger partial charge in [-0.3, -0.25) is 9.78 Å². The first kappa shape index (κ1) is 15.8. The summed E-state index contributed by atoms with van der Waals surface area (Å²) in [6, 6.07) is 3.75. The maximum atomic E-state index is 11.2. The van der Waals surface area contributed by atoms with Crippen molar-refractivity contribution in [1.82, 2.24) is 10.3 Å². The number of hydrogen-bond donors (Lipinski definition) is 2. The Morgan fingerprint density at radius 3 is 3.10 bits per heavy atom. The molecule has 3 N–H and O–H groups in total. The van der Waals surface area contributed by atoms with E-state index in [1.165, 1.54) is 12.8 Å². The average molecular weight is 290 g/mol. The van der Waals surface area contributed by atoms with E-state index in [1.54, 1.807) is 12.3 Å². The highest BCUT2D eigenvalue weighted by molar-refractivity contribution is 5.91. The van der Waals surface area contributed by atoms with Crippen molar-refractivity contribution in [1.29, 1.82) is 0 Å². The van der Waals surface area contributed by atoms with E-state index in [0.717, 1.165) is 31.9 Å². The van der Waals surface area contributed by atoms with Crippen LogP contribution in [-0.4, -0.2) is 37.1 Å². The minimum atomic E-state index is -0.469. The van der Waals surface area contributed by atoms with E-state index in [4.69, 9.17) is 5.73 Å². The molecule has 5 nitrogen and oxygen atoms in total. The van der Waals surface area contributed by atoms with Gasteiger partial charge in [-0.05, 0) is 49.9 Å². The van der Waals surface area contributed by atoms with Gasteiger partial charge in [0.15, 0.2) is 0 Å². The summed E-state index contributed by atoms with van der Waals surface area (Å²) in [5, 5.41) is 3.54. The Balaban J connectivity index is 1.94. The quantitative estimate of drug-likeness (QED) is 0.835. The molecular weight excluding hydrogens is 264 g/mol. The van der Waals surface area contributed by atoms with E-state index >= 15 is 0 Å². The van der Waals surface area contributed by atoms with Crippen LogP contribution in [0.15, 0.2) is 18.3 Å². The van der Waals surface area contributed by atoms with Crippen LogP contribution in [0.1, 0.15) is 37.2 Å². The molecule has 0 spiro atoms. The van der Waals surface area contributed by atoms with Crippen LogP contribution in [0.2, 0.25) is 0 Å². The zero-order chi connectivity index (χ0) is 15.2. The van der Waals surface area contributed by atoms with Gasteiger partial charge in [-0.1, -0.05) is 13.8 Å². The molecule has 5 heteroatoms. The lowest BCUT2D eigenvalue weighted by atomic mass is 9.97. The van der Waals surface area contributed by atoms with Gasteiger partial charge in [-0.2, -0.15) is 0 Å². The second-order valence-corrected chi connectivity index (χ2v) is 6.27. The molecule has 2 rings (SSSR count). The van der Waals surface area contributed by atoms with Crippen LogP contribution in [0.5, 0.6) is 0 Å². The third-order valence-electron chi connectivity index (χ3n) is 3.87. The number of pyridine rings is 1. The fourth-order valence-corrected chi connectivity index (χ4v) is 2.79. The highest BCUT2D eigenvalue weighted by Crippen LogP contribution is 2.23.